The third-order valence-electron chi connectivity index (χ3n) is 2.44. The van der Waals surface area contributed by atoms with Gasteiger partial charge in [0.15, 0.2) is 0 Å². The lowest BCUT2D eigenvalue weighted by atomic mass is 10.2. The second-order valence-electron chi connectivity index (χ2n) is 3.66. The predicted octanol–water partition coefficient (Wildman–Crippen LogP) is 2.51. The zero-order valence-electron chi connectivity index (χ0n) is 10.2. The molecule has 19 heavy (non-hydrogen) atoms. The fourth-order valence-electron chi connectivity index (χ4n) is 1.54. The van der Waals surface area contributed by atoms with E-state index in [0.29, 0.717) is 24.5 Å². The van der Waals surface area contributed by atoms with Gasteiger partial charge in [-0.2, -0.15) is 5.26 Å². The summed E-state index contributed by atoms with van der Waals surface area (Å²) in [6, 6.07) is 11.2. The summed E-state index contributed by atoms with van der Waals surface area (Å²) in [5.41, 5.74) is 6.83. The van der Waals surface area contributed by atoms with Gasteiger partial charge in [0.2, 0.25) is 0 Å². The van der Waals surface area contributed by atoms with E-state index in [1.807, 2.05) is 23.6 Å². The van der Waals surface area contributed by atoms with Crippen LogP contribution in [-0.4, -0.2) is 6.54 Å². The van der Waals surface area contributed by atoms with Crippen LogP contribution in [0.4, 0.5) is 0 Å². The third kappa shape index (κ3) is 3.35. The molecule has 0 aliphatic heterocycles. The Bertz CT molecular complexity index is 659. The summed E-state index contributed by atoms with van der Waals surface area (Å²) < 4.78 is 5.68. The number of para-hydroxylation sites is 1. The molecule has 94 valence electrons. The summed E-state index contributed by atoms with van der Waals surface area (Å²) in [6.07, 6.45) is 0. The number of nitriles is 1. The van der Waals surface area contributed by atoms with Crippen molar-refractivity contribution in [1.82, 2.24) is 0 Å². The van der Waals surface area contributed by atoms with Crippen LogP contribution in [0.3, 0.4) is 0 Å². The minimum absolute atomic E-state index is 0.341. The Labute approximate surface area is 116 Å². The molecular formula is C15H12N2OS. The highest BCUT2D eigenvalue weighted by Crippen LogP contribution is 2.21. The Morgan fingerprint density at radius 1 is 1.21 bits per heavy atom. The highest BCUT2D eigenvalue weighted by atomic mass is 32.1. The van der Waals surface area contributed by atoms with Gasteiger partial charge < -0.3 is 10.5 Å². The maximum Gasteiger partial charge on any atom is 0.137 e. The van der Waals surface area contributed by atoms with Crippen LogP contribution in [0.15, 0.2) is 35.7 Å². The van der Waals surface area contributed by atoms with Crippen LogP contribution < -0.4 is 10.5 Å². The summed E-state index contributed by atoms with van der Waals surface area (Å²) >= 11 is 1.58. The van der Waals surface area contributed by atoms with Crippen LogP contribution in [0.25, 0.3) is 0 Å². The maximum atomic E-state index is 8.98. The van der Waals surface area contributed by atoms with E-state index in [2.05, 4.69) is 17.9 Å². The fraction of sp³-hybridized carbons (Fsp3) is 0.133. The molecule has 4 heteroatoms. The first-order valence-corrected chi connectivity index (χ1v) is 6.60. The second-order valence-corrected chi connectivity index (χ2v) is 4.66. The molecule has 0 saturated carbocycles. The molecule has 0 atom stereocenters. The van der Waals surface area contributed by atoms with Crippen molar-refractivity contribution in [3.05, 3.63) is 51.7 Å². The summed E-state index contributed by atoms with van der Waals surface area (Å²) in [5, 5.41) is 11.0. The fourth-order valence-corrected chi connectivity index (χ4v) is 2.28. The topological polar surface area (TPSA) is 59.0 Å². The number of benzene rings is 1. The largest absolute Gasteiger partial charge is 0.487 e. The molecular weight excluding hydrogens is 256 g/mol. The quantitative estimate of drug-likeness (QED) is 0.870. The van der Waals surface area contributed by atoms with Gasteiger partial charge in [0.05, 0.1) is 17.0 Å². The Hall–Kier alpha value is -2.27. The first-order valence-electron chi connectivity index (χ1n) is 5.72. The van der Waals surface area contributed by atoms with Crippen molar-refractivity contribution in [2.75, 3.05) is 6.54 Å². The van der Waals surface area contributed by atoms with Crippen LogP contribution >= 0.6 is 11.3 Å². The number of thiophene rings is 1. The van der Waals surface area contributed by atoms with Crippen molar-refractivity contribution in [2.45, 2.75) is 6.61 Å². The molecule has 3 nitrogen and oxygen atoms in total. The van der Waals surface area contributed by atoms with Gasteiger partial charge in [-0.15, -0.1) is 11.3 Å². The SMILES string of the molecule is N#Cc1ccccc1OCc1sccc1C#CCN. The van der Waals surface area contributed by atoms with Gasteiger partial charge in [0.25, 0.3) is 0 Å². The van der Waals surface area contributed by atoms with E-state index in [0.717, 1.165) is 10.4 Å². The highest BCUT2D eigenvalue weighted by molar-refractivity contribution is 7.10. The van der Waals surface area contributed by atoms with E-state index in [1.165, 1.54) is 0 Å². The summed E-state index contributed by atoms with van der Waals surface area (Å²) in [4.78, 5) is 1.04. The van der Waals surface area contributed by atoms with Crippen molar-refractivity contribution < 1.29 is 4.74 Å². The van der Waals surface area contributed by atoms with Gasteiger partial charge >= 0.3 is 0 Å². The molecule has 0 bridgehead atoms. The number of ether oxygens (including phenoxy) is 1. The summed E-state index contributed by atoms with van der Waals surface area (Å²) in [5.74, 6) is 6.43. The maximum absolute atomic E-state index is 8.98. The molecule has 0 aliphatic carbocycles. The van der Waals surface area contributed by atoms with Crippen LogP contribution in [0.2, 0.25) is 0 Å². The first kappa shape index (κ1) is 13.2. The van der Waals surface area contributed by atoms with Crippen molar-refractivity contribution in [3.63, 3.8) is 0 Å². The van der Waals surface area contributed by atoms with Crippen LogP contribution in [0.1, 0.15) is 16.0 Å². The molecule has 2 rings (SSSR count). The molecule has 0 aliphatic rings. The van der Waals surface area contributed by atoms with Gasteiger partial charge in [-0.25, -0.2) is 0 Å². The molecule has 2 aromatic rings. The highest BCUT2D eigenvalue weighted by Gasteiger charge is 2.05. The van der Waals surface area contributed by atoms with E-state index in [-0.39, 0.29) is 0 Å². The predicted molar refractivity (Wildman–Crippen MR) is 75.7 cm³/mol. The van der Waals surface area contributed by atoms with Crippen molar-refractivity contribution in [3.8, 4) is 23.7 Å². The van der Waals surface area contributed by atoms with Gasteiger partial charge in [-0.05, 0) is 23.6 Å². The Morgan fingerprint density at radius 3 is 2.84 bits per heavy atom. The number of rotatable bonds is 3. The first-order chi connectivity index (χ1) is 9.35. The normalized spacial score (nSPS) is 9.26. The van der Waals surface area contributed by atoms with E-state index in [9.17, 15) is 0 Å². The monoisotopic (exact) mass is 268 g/mol. The molecule has 0 saturated heterocycles. The van der Waals surface area contributed by atoms with Gasteiger partial charge in [-0.1, -0.05) is 24.0 Å². The minimum Gasteiger partial charge on any atom is -0.487 e. The van der Waals surface area contributed by atoms with E-state index >= 15 is 0 Å². The van der Waals surface area contributed by atoms with Crippen molar-refractivity contribution in [1.29, 1.82) is 5.26 Å². The zero-order chi connectivity index (χ0) is 13.5. The average Bonchev–Trinajstić information content (AvgIpc) is 2.90. The number of nitrogens with zero attached hydrogens (tertiary/aromatic N) is 1. The number of nitrogens with two attached hydrogens (primary N) is 1. The average molecular weight is 268 g/mol. The van der Waals surface area contributed by atoms with E-state index in [4.69, 9.17) is 15.7 Å². The molecule has 0 unspecified atom stereocenters. The summed E-state index contributed by atoms with van der Waals surface area (Å²) in [6.45, 7) is 0.748. The van der Waals surface area contributed by atoms with Crippen LogP contribution in [-0.2, 0) is 6.61 Å². The van der Waals surface area contributed by atoms with Crippen LogP contribution in [0.5, 0.6) is 5.75 Å². The van der Waals surface area contributed by atoms with Crippen molar-refractivity contribution >= 4 is 11.3 Å². The molecule has 2 N–H and O–H groups in total. The van der Waals surface area contributed by atoms with Crippen molar-refractivity contribution in [2.24, 2.45) is 5.73 Å². The number of hydrogen-bond donors (Lipinski definition) is 1. The lowest BCUT2D eigenvalue weighted by Crippen LogP contribution is -1.97. The smallest absolute Gasteiger partial charge is 0.137 e. The molecule has 0 amide bonds. The van der Waals surface area contributed by atoms with E-state index in [1.54, 1.807) is 23.5 Å². The van der Waals surface area contributed by atoms with Gasteiger partial charge in [-0.3, -0.25) is 0 Å². The molecule has 0 fully saturated rings. The van der Waals surface area contributed by atoms with E-state index < -0.39 is 0 Å². The molecule has 0 spiro atoms. The number of hydrogen-bond acceptors (Lipinski definition) is 4. The van der Waals surface area contributed by atoms with Crippen LogP contribution in [0, 0.1) is 23.2 Å². The zero-order valence-corrected chi connectivity index (χ0v) is 11.0. The minimum atomic E-state index is 0.341. The molecule has 1 heterocycles. The lowest BCUT2D eigenvalue weighted by Gasteiger charge is -2.06. The summed E-state index contributed by atoms with van der Waals surface area (Å²) in [7, 11) is 0. The Kier molecular flexibility index (Phi) is 4.58. The lowest BCUT2D eigenvalue weighted by molar-refractivity contribution is 0.308. The standard InChI is InChI=1S/C15H12N2OS/c16-8-3-5-12-7-9-19-15(12)11-18-14-6-2-1-4-13(14)10-17/h1-2,4,6-7,9H,8,11,16H2. The Balaban J connectivity index is 2.11. The third-order valence-corrected chi connectivity index (χ3v) is 3.33. The van der Waals surface area contributed by atoms with Gasteiger partial charge in [0, 0.05) is 5.56 Å². The molecule has 0 radical (unpaired) electrons. The second kappa shape index (κ2) is 6.61. The van der Waals surface area contributed by atoms with Gasteiger partial charge in [0.1, 0.15) is 18.4 Å². The Morgan fingerprint density at radius 2 is 2.05 bits per heavy atom. The molecule has 1 aromatic heterocycles. The molecule has 1 aromatic carbocycles.